The van der Waals surface area contributed by atoms with Crippen molar-refractivity contribution in [3.8, 4) is 5.75 Å². The fraction of sp³-hybridized carbons (Fsp3) is 0.0556. The van der Waals surface area contributed by atoms with Gasteiger partial charge in [0.25, 0.3) is 0 Å². The Morgan fingerprint density at radius 3 is 2.57 bits per heavy atom. The van der Waals surface area contributed by atoms with E-state index in [2.05, 4.69) is 0 Å². The van der Waals surface area contributed by atoms with Gasteiger partial charge in [-0.1, -0.05) is 48.2 Å². The first kappa shape index (κ1) is 12.5. The summed E-state index contributed by atoms with van der Waals surface area (Å²) in [7, 11) is 1.67. The topological polar surface area (TPSA) is 26.3 Å². The largest absolute Gasteiger partial charge is 0.496 e. The molecule has 0 saturated heterocycles. The molecule has 0 N–H and O–H groups in total. The zero-order valence-electron chi connectivity index (χ0n) is 11.4. The molecular formula is C18H12O2S. The minimum Gasteiger partial charge on any atom is -0.496 e. The quantitative estimate of drug-likeness (QED) is 0.515. The van der Waals surface area contributed by atoms with Gasteiger partial charge in [-0.15, -0.1) is 0 Å². The second-order valence-electron chi connectivity index (χ2n) is 4.93. The number of hydrogen-bond acceptors (Lipinski definition) is 3. The Morgan fingerprint density at radius 2 is 1.71 bits per heavy atom. The van der Waals surface area contributed by atoms with Gasteiger partial charge in [0.15, 0.2) is 5.78 Å². The van der Waals surface area contributed by atoms with Crippen molar-refractivity contribution < 1.29 is 9.53 Å². The van der Waals surface area contributed by atoms with Crippen LogP contribution in [-0.4, -0.2) is 12.9 Å². The Morgan fingerprint density at radius 1 is 0.905 bits per heavy atom. The predicted octanol–water partition coefficient (Wildman–Crippen LogP) is 4.54. The van der Waals surface area contributed by atoms with Crippen molar-refractivity contribution in [1.29, 1.82) is 0 Å². The lowest BCUT2D eigenvalue weighted by atomic mass is 9.97. The first-order valence-corrected chi connectivity index (χ1v) is 7.52. The Bertz CT molecular complexity index is 884. The van der Waals surface area contributed by atoms with E-state index in [1.165, 1.54) is 0 Å². The van der Waals surface area contributed by atoms with Gasteiger partial charge < -0.3 is 4.74 Å². The van der Waals surface area contributed by atoms with Crippen LogP contribution in [0.1, 0.15) is 15.9 Å². The summed E-state index contributed by atoms with van der Waals surface area (Å²) >= 11 is 1.60. The monoisotopic (exact) mass is 292 g/mol. The number of ketones is 1. The Balaban J connectivity index is 2.16. The molecule has 0 radical (unpaired) electrons. The second kappa shape index (κ2) is 4.64. The standard InChI is InChI=1S/C18H12O2S/c1-20-14-10-9-11-5-4-7-13-16(11)18(14)21-15-8-3-2-6-12(15)17(13)19/h2-10H,1H3. The number of carbonyl (C=O) groups excluding carboxylic acids is 1. The number of fused-ring (bicyclic) bond motifs is 1. The van der Waals surface area contributed by atoms with Crippen molar-refractivity contribution in [2.45, 2.75) is 9.79 Å². The summed E-state index contributed by atoms with van der Waals surface area (Å²) in [6.07, 6.45) is 0. The molecule has 4 rings (SSSR count). The molecule has 0 bridgehead atoms. The maximum Gasteiger partial charge on any atom is 0.194 e. The third-order valence-corrected chi connectivity index (χ3v) is 4.96. The number of benzene rings is 3. The van der Waals surface area contributed by atoms with Crippen LogP contribution in [0.25, 0.3) is 10.8 Å². The minimum atomic E-state index is 0.0794. The third kappa shape index (κ3) is 1.78. The summed E-state index contributed by atoms with van der Waals surface area (Å²) in [6.45, 7) is 0. The van der Waals surface area contributed by atoms with E-state index >= 15 is 0 Å². The Hall–Kier alpha value is -2.26. The van der Waals surface area contributed by atoms with Crippen LogP contribution in [0.5, 0.6) is 5.75 Å². The number of rotatable bonds is 1. The molecule has 0 unspecified atom stereocenters. The fourth-order valence-corrected chi connectivity index (χ4v) is 4.00. The molecule has 21 heavy (non-hydrogen) atoms. The molecule has 3 aromatic carbocycles. The van der Waals surface area contributed by atoms with Crippen LogP contribution < -0.4 is 4.74 Å². The van der Waals surface area contributed by atoms with E-state index < -0.39 is 0 Å². The Kier molecular flexibility index (Phi) is 2.76. The highest BCUT2D eigenvalue weighted by Crippen LogP contribution is 2.45. The fourth-order valence-electron chi connectivity index (χ4n) is 2.78. The van der Waals surface area contributed by atoms with Gasteiger partial charge in [-0.25, -0.2) is 0 Å². The highest BCUT2D eigenvalue weighted by molar-refractivity contribution is 7.99. The Labute approximate surface area is 126 Å². The molecule has 102 valence electrons. The zero-order valence-corrected chi connectivity index (χ0v) is 12.2. The predicted molar refractivity (Wildman–Crippen MR) is 84.5 cm³/mol. The molecule has 0 fully saturated rings. The van der Waals surface area contributed by atoms with Gasteiger partial charge in [0.1, 0.15) is 5.75 Å². The van der Waals surface area contributed by atoms with Crippen LogP contribution in [-0.2, 0) is 0 Å². The van der Waals surface area contributed by atoms with Gasteiger partial charge >= 0.3 is 0 Å². The average molecular weight is 292 g/mol. The summed E-state index contributed by atoms with van der Waals surface area (Å²) in [4.78, 5) is 14.9. The molecule has 1 aliphatic rings. The molecule has 0 aromatic heterocycles. The molecule has 1 heterocycles. The van der Waals surface area contributed by atoms with Gasteiger partial charge in [0.2, 0.25) is 0 Å². The van der Waals surface area contributed by atoms with Crippen molar-refractivity contribution in [3.05, 3.63) is 65.7 Å². The van der Waals surface area contributed by atoms with Crippen molar-refractivity contribution >= 4 is 28.3 Å². The van der Waals surface area contributed by atoms with Crippen LogP contribution in [0.15, 0.2) is 64.4 Å². The summed E-state index contributed by atoms with van der Waals surface area (Å²) < 4.78 is 5.51. The number of hydrogen-bond donors (Lipinski definition) is 0. The van der Waals surface area contributed by atoms with Crippen LogP contribution in [0.2, 0.25) is 0 Å². The zero-order chi connectivity index (χ0) is 14.4. The maximum atomic E-state index is 12.9. The highest BCUT2D eigenvalue weighted by atomic mass is 32.2. The van der Waals surface area contributed by atoms with E-state index in [1.807, 2.05) is 54.6 Å². The third-order valence-electron chi connectivity index (χ3n) is 3.77. The van der Waals surface area contributed by atoms with Gasteiger partial charge in [-0.05, 0) is 23.6 Å². The number of ether oxygens (including phenoxy) is 1. The van der Waals surface area contributed by atoms with E-state index in [0.717, 1.165) is 37.4 Å². The molecular weight excluding hydrogens is 280 g/mol. The number of methoxy groups -OCH3 is 1. The highest BCUT2D eigenvalue weighted by Gasteiger charge is 2.24. The molecule has 0 spiro atoms. The van der Waals surface area contributed by atoms with E-state index in [0.29, 0.717) is 0 Å². The summed E-state index contributed by atoms with van der Waals surface area (Å²) in [5.41, 5.74) is 1.51. The summed E-state index contributed by atoms with van der Waals surface area (Å²) in [5.74, 6) is 0.889. The molecule has 2 nitrogen and oxygen atoms in total. The molecule has 0 aliphatic carbocycles. The first-order chi connectivity index (χ1) is 10.3. The van der Waals surface area contributed by atoms with Crippen LogP contribution in [0, 0.1) is 0 Å². The molecule has 0 atom stereocenters. The van der Waals surface area contributed by atoms with Gasteiger partial charge in [-0.3, -0.25) is 4.79 Å². The van der Waals surface area contributed by atoms with Crippen LogP contribution in [0.4, 0.5) is 0 Å². The van der Waals surface area contributed by atoms with E-state index in [9.17, 15) is 4.79 Å². The number of carbonyl (C=O) groups is 1. The smallest absolute Gasteiger partial charge is 0.194 e. The average Bonchev–Trinajstić information content (AvgIpc) is 2.66. The summed E-state index contributed by atoms with van der Waals surface area (Å²) in [6, 6.07) is 17.6. The molecule has 1 aliphatic heterocycles. The minimum absolute atomic E-state index is 0.0794. The maximum absolute atomic E-state index is 12.9. The SMILES string of the molecule is COc1ccc2cccc3c2c1Sc1ccccc1C3=O. The molecule has 0 saturated carbocycles. The van der Waals surface area contributed by atoms with Crippen molar-refractivity contribution in [3.63, 3.8) is 0 Å². The van der Waals surface area contributed by atoms with Gasteiger partial charge in [0.05, 0.1) is 12.0 Å². The second-order valence-corrected chi connectivity index (χ2v) is 5.98. The lowest BCUT2D eigenvalue weighted by molar-refractivity contribution is 0.103. The van der Waals surface area contributed by atoms with Crippen molar-refractivity contribution in [1.82, 2.24) is 0 Å². The molecule has 3 aromatic rings. The van der Waals surface area contributed by atoms with Crippen molar-refractivity contribution in [2.24, 2.45) is 0 Å². The van der Waals surface area contributed by atoms with E-state index in [-0.39, 0.29) is 5.78 Å². The van der Waals surface area contributed by atoms with Crippen molar-refractivity contribution in [2.75, 3.05) is 7.11 Å². The normalized spacial score (nSPS) is 12.9. The first-order valence-electron chi connectivity index (χ1n) is 6.71. The molecule has 0 amide bonds. The summed E-state index contributed by atoms with van der Waals surface area (Å²) in [5, 5.41) is 2.06. The van der Waals surface area contributed by atoms with Gasteiger partial charge in [0, 0.05) is 21.4 Å². The lowest BCUT2D eigenvalue weighted by Gasteiger charge is -2.11. The van der Waals surface area contributed by atoms with Crippen LogP contribution >= 0.6 is 11.8 Å². The van der Waals surface area contributed by atoms with Crippen LogP contribution in [0.3, 0.4) is 0 Å². The lowest BCUT2D eigenvalue weighted by Crippen LogP contribution is -2.02. The molecule has 3 heteroatoms. The van der Waals surface area contributed by atoms with Gasteiger partial charge in [-0.2, -0.15) is 0 Å². The van der Waals surface area contributed by atoms with E-state index in [1.54, 1.807) is 18.9 Å². The van der Waals surface area contributed by atoms with E-state index in [4.69, 9.17) is 4.74 Å².